The van der Waals surface area contributed by atoms with E-state index in [-0.39, 0.29) is 23.1 Å². The summed E-state index contributed by atoms with van der Waals surface area (Å²) in [6.07, 6.45) is 2.94. The van der Waals surface area contributed by atoms with Crippen molar-refractivity contribution in [2.45, 2.75) is 19.3 Å². The van der Waals surface area contributed by atoms with Gasteiger partial charge in [0.1, 0.15) is 0 Å². The highest BCUT2D eigenvalue weighted by molar-refractivity contribution is 6.31. The fraction of sp³-hybridized carbons (Fsp3) is 0.381. The molecule has 0 unspecified atom stereocenters. The van der Waals surface area contributed by atoms with Gasteiger partial charge in [0.05, 0.1) is 29.5 Å². The monoisotopic (exact) mass is 377 g/mol. The average molecular weight is 378 g/mol. The van der Waals surface area contributed by atoms with E-state index in [1.807, 2.05) is 24.3 Å². The molecule has 0 saturated heterocycles. The van der Waals surface area contributed by atoms with Crippen LogP contribution in [0.5, 0.6) is 0 Å². The minimum atomic E-state index is -1.59. The molecule has 2 N–H and O–H groups in total. The fourth-order valence-corrected chi connectivity index (χ4v) is 4.53. The number of halogens is 1. The van der Waals surface area contributed by atoms with Gasteiger partial charge in [0, 0.05) is 29.9 Å². The van der Waals surface area contributed by atoms with Crippen LogP contribution in [0.2, 0.25) is 5.02 Å². The van der Waals surface area contributed by atoms with Gasteiger partial charge in [0.15, 0.2) is 0 Å². The summed E-state index contributed by atoms with van der Waals surface area (Å²) in [5.74, 6) is -0.573. The summed E-state index contributed by atoms with van der Waals surface area (Å²) in [7, 11) is 0. The SMILES string of the molecule is CCCN1CC=C2[C@@H](C1)[C@H](c1ccccc1Cl)C(C#N)=C(N)C2(C#N)C#N. The number of nitriles is 3. The van der Waals surface area contributed by atoms with E-state index >= 15 is 0 Å². The lowest BCUT2D eigenvalue weighted by atomic mass is 9.60. The number of fused-ring (bicyclic) bond motifs is 1. The molecule has 0 aromatic heterocycles. The van der Waals surface area contributed by atoms with Crippen LogP contribution in [0.25, 0.3) is 0 Å². The minimum absolute atomic E-state index is 0.0337. The standard InChI is InChI=1S/C21H20ClN5/c1-2-8-27-9-7-17-16(11-27)19(14-5-3-4-6-18(14)22)15(10-23)20(26)21(17,12-24)13-25/h3-7,16,19H,2,8-9,11,26H2,1H3/t16-,19-/m1/s1. The Kier molecular flexibility index (Phi) is 5.24. The van der Waals surface area contributed by atoms with E-state index in [4.69, 9.17) is 17.3 Å². The molecule has 1 aliphatic carbocycles. The van der Waals surface area contributed by atoms with Crippen molar-refractivity contribution in [3.8, 4) is 18.2 Å². The van der Waals surface area contributed by atoms with E-state index < -0.39 is 5.41 Å². The number of allylic oxidation sites excluding steroid dienone is 2. The Morgan fingerprint density at radius 1 is 1.26 bits per heavy atom. The topological polar surface area (TPSA) is 101 Å². The highest BCUT2D eigenvalue weighted by Gasteiger charge is 2.52. The second-order valence-electron chi connectivity index (χ2n) is 6.94. The zero-order valence-electron chi connectivity index (χ0n) is 15.1. The summed E-state index contributed by atoms with van der Waals surface area (Å²) >= 11 is 6.46. The quantitative estimate of drug-likeness (QED) is 0.812. The van der Waals surface area contributed by atoms with Gasteiger partial charge in [0.25, 0.3) is 0 Å². The van der Waals surface area contributed by atoms with Crippen molar-refractivity contribution in [3.63, 3.8) is 0 Å². The number of rotatable bonds is 3. The van der Waals surface area contributed by atoms with Crippen LogP contribution in [0, 0.1) is 45.3 Å². The maximum Gasteiger partial charge on any atom is 0.204 e. The van der Waals surface area contributed by atoms with Gasteiger partial charge in [-0.05, 0) is 30.2 Å². The third-order valence-corrected chi connectivity index (χ3v) is 5.84. The Hall–Kier alpha value is -2.78. The van der Waals surface area contributed by atoms with Crippen LogP contribution < -0.4 is 5.73 Å². The zero-order valence-corrected chi connectivity index (χ0v) is 15.9. The van der Waals surface area contributed by atoms with Gasteiger partial charge in [-0.3, -0.25) is 4.90 Å². The van der Waals surface area contributed by atoms with Crippen LogP contribution >= 0.6 is 11.6 Å². The number of benzene rings is 1. The van der Waals surface area contributed by atoms with Gasteiger partial charge in [-0.25, -0.2) is 0 Å². The Bertz CT molecular complexity index is 927. The van der Waals surface area contributed by atoms with Crippen LogP contribution in [0.15, 0.2) is 47.2 Å². The molecule has 1 aromatic carbocycles. The van der Waals surface area contributed by atoms with Gasteiger partial charge in [0.2, 0.25) is 5.41 Å². The minimum Gasteiger partial charge on any atom is -0.399 e. The summed E-state index contributed by atoms with van der Waals surface area (Å²) in [6.45, 7) is 4.33. The van der Waals surface area contributed by atoms with Crippen molar-refractivity contribution >= 4 is 11.6 Å². The van der Waals surface area contributed by atoms with Gasteiger partial charge >= 0.3 is 0 Å². The Morgan fingerprint density at radius 2 is 1.96 bits per heavy atom. The summed E-state index contributed by atoms with van der Waals surface area (Å²) in [5.41, 5.74) is 6.49. The first-order valence-electron chi connectivity index (χ1n) is 8.94. The largest absolute Gasteiger partial charge is 0.399 e. The average Bonchev–Trinajstić information content (AvgIpc) is 2.69. The van der Waals surface area contributed by atoms with Gasteiger partial charge in [-0.15, -0.1) is 0 Å². The highest BCUT2D eigenvalue weighted by atomic mass is 35.5. The predicted octanol–water partition coefficient (Wildman–Crippen LogP) is 3.48. The molecular weight excluding hydrogens is 358 g/mol. The molecular formula is C21H20ClN5. The molecule has 0 saturated carbocycles. The molecule has 2 atom stereocenters. The Morgan fingerprint density at radius 3 is 2.56 bits per heavy atom. The molecule has 0 bridgehead atoms. The van der Waals surface area contributed by atoms with Crippen molar-refractivity contribution in [2.24, 2.45) is 17.1 Å². The van der Waals surface area contributed by atoms with E-state index in [1.165, 1.54) is 0 Å². The van der Waals surface area contributed by atoms with E-state index in [0.29, 0.717) is 23.7 Å². The fourth-order valence-electron chi connectivity index (χ4n) is 4.27. The molecule has 1 aliphatic heterocycles. The van der Waals surface area contributed by atoms with Crippen LogP contribution in [0.3, 0.4) is 0 Å². The number of hydrogen-bond donors (Lipinski definition) is 1. The Labute approximate surface area is 164 Å². The third-order valence-electron chi connectivity index (χ3n) is 5.50. The highest BCUT2D eigenvalue weighted by Crippen LogP contribution is 2.53. The summed E-state index contributed by atoms with van der Waals surface area (Å²) in [6, 6.07) is 13.8. The first-order chi connectivity index (χ1) is 13.0. The molecule has 136 valence electrons. The van der Waals surface area contributed by atoms with E-state index in [9.17, 15) is 15.8 Å². The summed E-state index contributed by atoms with van der Waals surface area (Å²) < 4.78 is 0. The second kappa shape index (κ2) is 7.45. The van der Waals surface area contributed by atoms with Gasteiger partial charge in [-0.2, -0.15) is 15.8 Å². The van der Waals surface area contributed by atoms with Crippen LogP contribution in [-0.2, 0) is 0 Å². The van der Waals surface area contributed by atoms with E-state index in [2.05, 4.69) is 30.0 Å². The summed E-state index contributed by atoms with van der Waals surface area (Å²) in [5, 5.41) is 30.2. The Balaban J connectivity index is 2.28. The van der Waals surface area contributed by atoms with Crippen molar-refractivity contribution in [1.82, 2.24) is 4.90 Å². The molecule has 0 amide bonds. The normalized spacial score (nSPS) is 24.2. The molecule has 1 heterocycles. The van der Waals surface area contributed by atoms with Gasteiger partial charge in [-0.1, -0.05) is 42.8 Å². The molecule has 1 aromatic rings. The van der Waals surface area contributed by atoms with Crippen LogP contribution in [0.4, 0.5) is 0 Å². The van der Waals surface area contributed by atoms with Gasteiger partial charge < -0.3 is 5.73 Å². The molecule has 6 heteroatoms. The van der Waals surface area contributed by atoms with E-state index in [1.54, 1.807) is 6.07 Å². The number of nitrogens with zero attached hydrogens (tertiary/aromatic N) is 4. The first-order valence-corrected chi connectivity index (χ1v) is 9.31. The molecule has 2 aliphatic rings. The van der Waals surface area contributed by atoms with Crippen molar-refractivity contribution in [3.05, 3.63) is 57.8 Å². The van der Waals surface area contributed by atoms with Crippen molar-refractivity contribution in [2.75, 3.05) is 19.6 Å². The molecule has 0 fully saturated rings. The molecule has 0 spiro atoms. The zero-order chi connectivity index (χ0) is 19.6. The predicted molar refractivity (Wildman–Crippen MR) is 103 cm³/mol. The number of nitrogens with two attached hydrogens (primary N) is 1. The van der Waals surface area contributed by atoms with Crippen molar-refractivity contribution < 1.29 is 0 Å². The molecule has 3 rings (SSSR count). The lowest BCUT2D eigenvalue weighted by Crippen LogP contribution is -2.47. The van der Waals surface area contributed by atoms with Crippen LogP contribution in [0.1, 0.15) is 24.8 Å². The molecule has 0 radical (unpaired) electrons. The molecule has 5 nitrogen and oxygen atoms in total. The third kappa shape index (κ3) is 2.88. The lowest BCUT2D eigenvalue weighted by Gasteiger charge is -2.45. The van der Waals surface area contributed by atoms with Crippen molar-refractivity contribution in [1.29, 1.82) is 15.8 Å². The smallest absolute Gasteiger partial charge is 0.204 e. The number of hydrogen-bond acceptors (Lipinski definition) is 5. The summed E-state index contributed by atoms with van der Waals surface area (Å²) in [4.78, 5) is 2.27. The second-order valence-corrected chi connectivity index (χ2v) is 7.34. The molecule has 27 heavy (non-hydrogen) atoms. The maximum absolute atomic E-state index is 9.88. The van der Waals surface area contributed by atoms with E-state index in [0.717, 1.165) is 18.5 Å². The lowest BCUT2D eigenvalue weighted by molar-refractivity contribution is 0.225. The first kappa shape index (κ1) is 19.0. The van der Waals surface area contributed by atoms with Crippen LogP contribution in [-0.4, -0.2) is 24.5 Å². The maximum atomic E-state index is 9.88.